The lowest BCUT2D eigenvalue weighted by Gasteiger charge is -2.25. The van der Waals surface area contributed by atoms with E-state index in [0.29, 0.717) is 23.3 Å². The van der Waals surface area contributed by atoms with Crippen LogP contribution in [0, 0.1) is 5.92 Å². The Labute approximate surface area is 99.6 Å². The van der Waals surface area contributed by atoms with Crippen molar-refractivity contribution < 1.29 is 4.79 Å². The van der Waals surface area contributed by atoms with Gasteiger partial charge in [-0.1, -0.05) is 25.4 Å². The van der Waals surface area contributed by atoms with Gasteiger partial charge in [-0.05, 0) is 12.3 Å². The molecule has 0 saturated carbocycles. The summed E-state index contributed by atoms with van der Waals surface area (Å²) in [6.07, 6.45) is 4.50. The third-order valence-electron chi connectivity index (χ3n) is 2.85. The van der Waals surface area contributed by atoms with Gasteiger partial charge in [-0.15, -0.1) is 0 Å². The molecular weight excluding hydrogens is 226 g/mol. The van der Waals surface area contributed by atoms with Gasteiger partial charge in [-0.3, -0.25) is 9.69 Å². The lowest BCUT2D eigenvalue weighted by Crippen LogP contribution is -2.37. The third kappa shape index (κ3) is 2.02. The van der Waals surface area contributed by atoms with Gasteiger partial charge in [0.2, 0.25) is 11.9 Å². The Morgan fingerprint density at radius 3 is 2.62 bits per heavy atom. The topological polar surface area (TPSA) is 46.1 Å². The van der Waals surface area contributed by atoms with E-state index in [2.05, 4.69) is 23.8 Å². The molecule has 16 heavy (non-hydrogen) atoms. The molecule has 86 valence electrons. The summed E-state index contributed by atoms with van der Waals surface area (Å²) in [6.45, 7) is 4.21. The lowest BCUT2D eigenvalue weighted by atomic mass is 10.0. The van der Waals surface area contributed by atoms with Crippen LogP contribution in [0.4, 0.5) is 5.95 Å². The Hall–Kier alpha value is -1.16. The van der Waals surface area contributed by atoms with E-state index in [-0.39, 0.29) is 11.9 Å². The Bertz CT molecular complexity index is 391. The maximum absolute atomic E-state index is 11.8. The van der Waals surface area contributed by atoms with Gasteiger partial charge in [0.15, 0.2) is 0 Å². The molecule has 1 aromatic heterocycles. The molecule has 1 atom stereocenters. The van der Waals surface area contributed by atoms with E-state index >= 15 is 0 Å². The number of anilines is 1. The van der Waals surface area contributed by atoms with E-state index in [1.165, 1.54) is 12.4 Å². The first-order chi connectivity index (χ1) is 7.59. The maximum atomic E-state index is 11.8. The molecule has 2 rings (SSSR count). The fourth-order valence-electron chi connectivity index (χ4n) is 2.03. The monoisotopic (exact) mass is 239 g/mol. The summed E-state index contributed by atoms with van der Waals surface area (Å²) in [4.78, 5) is 21.7. The van der Waals surface area contributed by atoms with Gasteiger partial charge in [-0.2, -0.15) is 0 Å². The molecule has 0 spiro atoms. The van der Waals surface area contributed by atoms with Gasteiger partial charge in [0.25, 0.3) is 0 Å². The number of halogens is 1. The second-order valence-corrected chi connectivity index (χ2v) is 4.75. The van der Waals surface area contributed by atoms with E-state index in [1.807, 2.05) is 0 Å². The molecular formula is C11H14ClN3O. The standard InChI is InChI=1S/C11H14ClN3O/c1-7(2)9-3-4-10(16)15(9)11-13-5-8(12)6-14-11/h5-7,9H,3-4H2,1-2H3. The zero-order valence-corrected chi connectivity index (χ0v) is 10.1. The highest BCUT2D eigenvalue weighted by Gasteiger charge is 2.35. The minimum atomic E-state index is 0.0982. The van der Waals surface area contributed by atoms with E-state index in [1.54, 1.807) is 4.90 Å². The minimum Gasteiger partial charge on any atom is -0.277 e. The largest absolute Gasteiger partial charge is 0.277 e. The van der Waals surface area contributed by atoms with Crippen molar-refractivity contribution in [3.05, 3.63) is 17.4 Å². The van der Waals surface area contributed by atoms with Crippen LogP contribution in [0.1, 0.15) is 26.7 Å². The Morgan fingerprint density at radius 1 is 1.44 bits per heavy atom. The molecule has 0 aromatic carbocycles. The minimum absolute atomic E-state index is 0.0982. The fraction of sp³-hybridized carbons (Fsp3) is 0.545. The van der Waals surface area contributed by atoms with Crippen LogP contribution in [-0.4, -0.2) is 21.9 Å². The van der Waals surface area contributed by atoms with Crippen LogP contribution < -0.4 is 4.90 Å². The molecule has 0 aliphatic carbocycles. The van der Waals surface area contributed by atoms with Crippen molar-refractivity contribution >= 4 is 23.5 Å². The van der Waals surface area contributed by atoms with Crippen LogP contribution in [-0.2, 0) is 4.79 Å². The highest BCUT2D eigenvalue weighted by molar-refractivity contribution is 6.30. The molecule has 2 heterocycles. The van der Waals surface area contributed by atoms with Crippen molar-refractivity contribution in [2.75, 3.05) is 4.90 Å². The van der Waals surface area contributed by atoms with Crippen molar-refractivity contribution in [3.63, 3.8) is 0 Å². The van der Waals surface area contributed by atoms with Crippen LogP contribution in [0.5, 0.6) is 0 Å². The fourth-order valence-corrected chi connectivity index (χ4v) is 2.12. The molecule has 1 aliphatic rings. The predicted molar refractivity (Wildman–Crippen MR) is 62.4 cm³/mol. The van der Waals surface area contributed by atoms with Crippen LogP contribution in [0.25, 0.3) is 0 Å². The highest BCUT2D eigenvalue weighted by atomic mass is 35.5. The summed E-state index contributed by atoms with van der Waals surface area (Å²) in [7, 11) is 0. The summed E-state index contributed by atoms with van der Waals surface area (Å²) in [6, 6.07) is 0.202. The average Bonchev–Trinajstić information content (AvgIpc) is 2.62. The second kappa shape index (κ2) is 4.37. The van der Waals surface area contributed by atoms with Crippen LogP contribution in [0.15, 0.2) is 12.4 Å². The number of carbonyl (C=O) groups is 1. The average molecular weight is 240 g/mol. The van der Waals surface area contributed by atoms with Gasteiger partial charge in [0, 0.05) is 12.5 Å². The number of nitrogens with zero attached hydrogens (tertiary/aromatic N) is 3. The molecule has 0 radical (unpaired) electrons. The molecule has 1 amide bonds. The SMILES string of the molecule is CC(C)C1CCC(=O)N1c1ncc(Cl)cn1. The molecule has 1 fully saturated rings. The van der Waals surface area contributed by atoms with Crippen molar-refractivity contribution in [1.82, 2.24) is 9.97 Å². The van der Waals surface area contributed by atoms with Gasteiger partial charge in [0.05, 0.1) is 17.4 Å². The van der Waals surface area contributed by atoms with Gasteiger partial charge < -0.3 is 0 Å². The van der Waals surface area contributed by atoms with E-state index in [0.717, 1.165) is 6.42 Å². The normalized spacial score (nSPS) is 20.9. The Balaban J connectivity index is 2.30. The summed E-state index contributed by atoms with van der Waals surface area (Å²) >= 11 is 5.73. The van der Waals surface area contributed by atoms with Gasteiger partial charge in [-0.25, -0.2) is 9.97 Å². The van der Waals surface area contributed by atoms with E-state index < -0.39 is 0 Å². The number of hydrogen-bond acceptors (Lipinski definition) is 3. The molecule has 0 N–H and O–H groups in total. The first kappa shape index (κ1) is 11.3. The molecule has 1 saturated heterocycles. The number of aromatic nitrogens is 2. The third-order valence-corrected chi connectivity index (χ3v) is 3.04. The summed E-state index contributed by atoms with van der Waals surface area (Å²) < 4.78 is 0. The first-order valence-corrected chi connectivity index (χ1v) is 5.77. The summed E-state index contributed by atoms with van der Waals surface area (Å²) in [5.74, 6) is 0.970. The Morgan fingerprint density at radius 2 is 2.06 bits per heavy atom. The van der Waals surface area contributed by atoms with E-state index in [4.69, 9.17) is 11.6 Å². The van der Waals surface area contributed by atoms with Crippen LogP contribution in [0.3, 0.4) is 0 Å². The molecule has 1 aliphatic heterocycles. The highest BCUT2D eigenvalue weighted by Crippen LogP contribution is 2.28. The Kier molecular flexibility index (Phi) is 3.10. The predicted octanol–water partition coefficient (Wildman–Crippen LogP) is 2.28. The van der Waals surface area contributed by atoms with Gasteiger partial charge >= 0.3 is 0 Å². The summed E-state index contributed by atoms with van der Waals surface area (Å²) in [5.41, 5.74) is 0. The lowest BCUT2D eigenvalue weighted by molar-refractivity contribution is -0.117. The number of amides is 1. The van der Waals surface area contributed by atoms with Crippen molar-refractivity contribution in [1.29, 1.82) is 0 Å². The zero-order chi connectivity index (χ0) is 11.7. The number of hydrogen-bond donors (Lipinski definition) is 0. The van der Waals surface area contributed by atoms with Crippen LogP contribution in [0.2, 0.25) is 5.02 Å². The van der Waals surface area contributed by atoms with Crippen molar-refractivity contribution in [2.24, 2.45) is 5.92 Å². The molecule has 4 nitrogen and oxygen atoms in total. The summed E-state index contributed by atoms with van der Waals surface area (Å²) in [5, 5.41) is 0.483. The molecule has 0 bridgehead atoms. The van der Waals surface area contributed by atoms with E-state index in [9.17, 15) is 4.79 Å². The van der Waals surface area contributed by atoms with Gasteiger partial charge in [0.1, 0.15) is 0 Å². The molecule has 5 heteroatoms. The molecule has 1 unspecified atom stereocenters. The van der Waals surface area contributed by atoms with Crippen LogP contribution >= 0.6 is 11.6 Å². The van der Waals surface area contributed by atoms with Crippen molar-refractivity contribution in [3.8, 4) is 0 Å². The number of rotatable bonds is 2. The zero-order valence-electron chi connectivity index (χ0n) is 9.35. The van der Waals surface area contributed by atoms with Crippen molar-refractivity contribution in [2.45, 2.75) is 32.7 Å². The smallest absolute Gasteiger partial charge is 0.232 e. The molecule has 1 aromatic rings. The second-order valence-electron chi connectivity index (χ2n) is 4.32. The quantitative estimate of drug-likeness (QED) is 0.796. The number of carbonyl (C=O) groups excluding carboxylic acids is 1. The first-order valence-electron chi connectivity index (χ1n) is 5.39. The maximum Gasteiger partial charge on any atom is 0.232 e.